The van der Waals surface area contributed by atoms with Crippen LogP contribution in [0.2, 0.25) is 0 Å². The van der Waals surface area contributed by atoms with Gasteiger partial charge in [-0.05, 0) is 24.1 Å². The van der Waals surface area contributed by atoms with Gasteiger partial charge in [0, 0.05) is 30.4 Å². The Labute approximate surface area is 194 Å². The summed E-state index contributed by atoms with van der Waals surface area (Å²) in [5, 5.41) is 2.86. The number of carbonyl (C=O) groups is 1. The molecule has 0 saturated carbocycles. The van der Waals surface area contributed by atoms with Crippen molar-refractivity contribution >= 4 is 21.4 Å². The van der Waals surface area contributed by atoms with Gasteiger partial charge in [0.1, 0.15) is 5.75 Å². The first-order valence-corrected chi connectivity index (χ1v) is 12.3. The minimum Gasteiger partial charge on any atom is -0.497 e. The van der Waals surface area contributed by atoms with E-state index < -0.39 is 9.84 Å². The van der Waals surface area contributed by atoms with Gasteiger partial charge in [-0.1, -0.05) is 12.1 Å². The van der Waals surface area contributed by atoms with E-state index in [1.54, 1.807) is 19.2 Å². The van der Waals surface area contributed by atoms with Crippen LogP contribution in [0.25, 0.3) is 0 Å². The monoisotopic (exact) mass is 478 g/mol. The predicted molar refractivity (Wildman–Crippen MR) is 125 cm³/mol. The molecule has 1 fully saturated rings. The number of amides is 1. The third-order valence-electron chi connectivity index (χ3n) is 5.56. The normalized spacial score (nSPS) is 16.9. The molecule has 1 unspecified atom stereocenters. The van der Waals surface area contributed by atoms with Gasteiger partial charge < -0.3 is 24.3 Å². The molecule has 1 saturated heterocycles. The molecule has 1 aliphatic heterocycles. The first-order chi connectivity index (χ1) is 15.8. The minimum absolute atomic E-state index is 0.0306. The molecule has 1 heterocycles. The van der Waals surface area contributed by atoms with Crippen LogP contribution >= 0.6 is 0 Å². The molecule has 0 bridgehead atoms. The molecule has 10 heteroatoms. The number of nitrogens with one attached hydrogen (secondary N) is 1. The maximum Gasteiger partial charge on any atom is 0.238 e. The van der Waals surface area contributed by atoms with Gasteiger partial charge in [-0.25, -0.2) is 8.42 Å². The summed E-state index contributed by atoms with van der Waals surface area (Å²) >= 11 is 0. The molecule has 0 aromatic heterocycles. The molecule has 1 atom stereocenters. The lowest BCUT2D eigenvalue weighted by molar-refractivity contribution is -0.117. The van der Waals surface area contributed by atoms with Crippen LogP contribution < -0.4 is 24.3 Å². The van der Waals surface area contributed by atoms with E-state index in [0.717, 1.165) is 11.3 Å². The number of benzene rings is 2. The number of hydrogen-bond donors (Lipinski definition) is 1. The Bertz CT molecular complexity index is 1050. The predicted octanol–water partition coefficient (Wildman–Crippen LogP) is 2.35. The van der Waals surface area contributed by atoms with Crippen LogP contribution in [0.15, 0.2) is 36.4 Å². The molecule has 1 aliphatic rings. The summed E-state index contributed by atoms with van der Waals surface area (Å²) in [6.45, 7) is 0.468. The Morgan fingerprint density at radius 2 is 1.64 bits per heavy atom. The average Bonchev–Trinajstić information content (AvgIpc) is 3.17. The Morgan fingerprint density at radius 1 is 1.00 bits per heavy atom. The van der Waals surface area contributed by atoms with Gasteiger partial charge in [0.2, 0.25) is 11.7 Å². The van der Waals surface area contributed by atoms with E-state index in [9.17, 15) is 13.2 Å². The number of nitrogens with zero attached hydrogens (tertiary/aromatic N) is 1. The lowest BCUT2D eigenvalue weighted by atomic mass is 10.1. The Balaban J connectivity index is 1.78. The lowest BCUT2D eigenvalue weighted by Crippen LogP contribution is -2.41. The largest absolute Gasteiger partial charge is 0.497 e. The molecule has 1 N–H and O–H groups in total. The third kappa shape index (κ3) is 6.29. The molecule has 1 amide bonds. The number of anilines is 1. The molecular formula is C23H30N2O7S. The minimum atomic E-state index is -3.10. The van der Waals surface area contributed by atoms with E-state index in [2.05, 4.69) is 5.32 Å². The van der Waals surface area contributed by atoms with Crippen molar-refractivity contribution in [2.75, 3.05) is 51.8 Å². The highest BCUT2D eigenvalue weighted by molar-refractivity contribution is 7.91. The van der Waals surface area contributed by atoms with E-state index >= 15 is 0 Å². The van der Waals surface area contributed by atoms with Gasteiger partial charge in [0.15, 0.2) is 21.3 Å². The molecular weight excluding hydrogens is 448 g/mol. The molecule has 9 nitrogen and oxygen atoms in total. The molecule has 33 heavy (non-hydrogen) atoms. The second kappa shape index (κ2) is 10.8. The molecule has 2 aromatic carbocycles. The van der Waals surface area contributed by atoms with Crippen molar-refractivity contribution in [3.63, 3.8) is 0 Å². The summed E-state index contributed by atoms with van der Waals surface area (Å²) in [6.07, 6.45) is 0.496. The fraction of sp³-hybridized carbons (Fsp3) is 0.435. The molecule has 3 rings (SSSR count). The first kappa shape index (κ1) is 24.7. The van der Waals surface area contributed by atoms with Crippen molar-refractivity contribution in [1.29, 1.82) is 0 Å². The number of ether oxygens (including phenoxy) is 4. The quantitative estimate of drug-likeness (QED) is 0.555. The number of carbonyl (C=O) groups excluding carboxylic acids is 1. The van der Waals surface area contributed by atoms with Crippen LogP contribution in [0.3, 0.4) is 0 Å². The zero-order valence-electron chi connectivity index (χ0n) is 19.3. The van der Waals surface area contributed by atoms with Crippen LogP contribution in [-0.4, -0.2) is 71.8 Å². The summed E-state index contributed by atoms with van der Waals surface area (Å²) in [7, 11) is 3.00. The molecule has 2 aromatic rings. The van der Waals surface area contributed by atoms with E-state index in [0.29, 0.717) is 35.9 Å². The fourth-order valence-corrected chi connectivity index (χ4v) is 5.64. The third-order valence-corrected chi connectivity index (χ3v) is 7.32. The van der Waals surface area contributed by atoms with E-state index in [1.165, 1.54) is 21.3 Å². The van der Waals surface area contributed by atoms with Crippen molar-refractivity contribution in [3.8, 4) is 23.0 Å². The van der Waals surface area contributed by atoms with Crippen LogP contribution in [0.1, 0.15) is 12.0 Å². The average molecular weight is 479 g/mol. The number of rotatable bonds is 10. The van der Waals surface area contributed by atoms with Crippen LogP contribution in [-0.2, 0) is 21.2 Å². The maximum atomic E-state index is 13.0. The number of hydrogen-bond acceptors (Lipinski definition) is 8. The summed E-state index contributed by atoms with van der Waals surface area (Å²) in [5.74, 6) is 1.89. The van der Waals surface area contributed by atoms with Crippen LogP contribution in [0.5, 0.6) is 23.0 Å². The fourth-order valence-electron chi connectivity index (χ4n) is 3.88. The number of methoxy groups -OCH3 is 4. The molecule has 0 radical (unpaired) electrons. The first-order valence-electron chi connectivity index (χ1n) is 10.5. The van der Waals surface area contributed by atoms with E-state index in [4.69, 9.17) is 18.9 Å². The summed E-state index contributed by atoms with van der Waals surface area (Å²) in [4.78, 5) is 14.9. The van der Waals surface area contributed by atoms with Crippen molar-refractivity contribution in [1.82, 2.24) is 4.90 Å². The second-order valence-electron chi connectivity index (χ2n) is 7.77. The zero-order chi connectivity index (χ0) is 24.0. The highest BCUT2D eigenvalue weighted by Gasteiger charge is 2.33. The summed E-state index contributed by atoms with van der Waals surface area (Å²) < 4.78 is 45.3. The van der Waals surface area contributed by atoms with Crippen LogP contribution in [0.4, 0.5) is 5.69 Å². The summed E-state index contributed by atoms with van der Waals surface area (Å²) in [5.41, 5.74) is 1.44. The van der Waals surface area contributed by atoms with E-state index in [-0.39, 0.29) is 30.0 Å². The highest BCUT2D eigenvalue weighted by Crippen LogP contribution is 2.40. The van der Waals surface area contributed by atoms with Gasteiger partial charge in [-0.15, -0.1) is 0 Å². The standard InChI is InChI=1S/C23H30N2O7S/c1-29-19-7-5-16(6-8-19)13-25(18-9-10-33(27,28)15-18)14-22(26)24-17-11-20(30-2)23(32-4)21(12-17)31-3/h5-8,11-12,18H,9-10,13-15H2,1-4H3,(H,24,26). The maximum absolute atomic E-state index is 13.0. The van der Waals surface area contributed by atoms with Gasteiger partial charge in [0.25, 0.3) is 0 Å². The summed E-state index contributed by atoms with van der Waals surface area (Å²) in [6, 6.07) is 10.6. The van der Waals surface area contributed by atoms with Crippen molar-refractivity contribution in [2.24, 2.45) is 0 Å². The molecule has 180 valence electrons. The highest BCUT2D eigenvalue weighted by atomic mass is 32.2. The Morgan fingerprint density at radius 3 is 2.12 bits per heavy atom. The van der Waals surface area contributed by atoms with Gasteiger partial charge >= 0.3 is 0 Å². The number of sulfone groups is 1. The molecule has 0 spiro atoms. The Hall–Kier alpha value is -2.98. The zero-order valence-corrected chi connectivity index (χ0v) is 20.1. The van der Waals surface area contributed by atoms with Gasteiger partial charge in [-0.2, -0.15) is 0 Å². The lowest BCUT2D eigenvalue weighted by Gasteiger charge is -2.27. The van der Waals surface area contributed by atoms with Crippen LogP contribution in [0, 0.1) is 0 Å². The Kier molecular flexibility index (Phi) is 8.04. The van der Waals surface area contributed by atoms with Crippen molar-refractivity contribution < 1.29 is 32.2 Å². The SMILES string of the molecule is COc1ccc(CN(CC(=O)Nc2cc(OC)c(OC)c(OC)c2)C2CCS(=O)(=O)C2)cc1. The van der Waals surface area contributed by atoms with Gasteiger partial charge in [0.05, 0.1) is 46.5 Å². The second-order valence-corrected chi connectivity index (χ2v) is 10.0. The molecule has 0 aliphatic carbocycles. The topological polar surface area (TPSA) is 103 Å². The van der Waals surface area contributed by atoms with Crippen molar-refractivity contribution in [2.45, 2.75) is 19.0 Å². The van der Waals surface area contributed by atoms with Crippen molar-refractivity contribution in [3.05, 3.63) is 42.0 Å². The van der Waals surface area contributed by atoms with E-state index in [1.807, 2.05) is 29.2 Å². The van der Waals surface area contributed by atoms with Gasteiger partial charge in [-0.3, -0.25) is 9.69 Å². The smallest absolute Gasteiger partial charge is 0.238 e.